The van der Waals surface area contributed by atoms with Gasteiger partial charge in [-0.1, -0.05) is 12.1 Å². The molecule has 0 radical (unpaired) electrons. The van der Waals surface area contributed by atoms with Gasteiger partial charge in [-0.2, -0.15) is 0 Å². The summed E-state index contributed by atoms with van der Waals surface area (Å²) in [5.41, 5.74) is 1.11. The number of morpholine rings is 1. The Morgan fingerprint density at radius 2 is 2.04 bits per heavy atom. The lowest BCUT2D eigenvalue weighted by atomic mass is 10.0. The van der Waals surface area contributed by atoms with Crippen molar-refractivity contribution in [3.8, 4) is 11.5 Å². The molecule has 0 bridgehead atoms. The monoisotopic (exact) mass is 360 g/mol. The molecular formula is C18H20N2O4S. The largest absolute Gasteiger partial charge is 0.454 e. The lowest BCUT2D eigenvalue weighted by Crippen LogP contribution is -2.43. The molecule has 0 saturated carbocycles. The van der Waals surface area contributed by atoms with Crippen molar-refractivity contribution >= 4 is 17.2 Å². The van der Waals surface area contributed by atoms with Crippen LogP contribution in [0.4, 0.5) is 0 Å². The zero-order chi connectivity index (χ0) is 17.1. The zero-order valence-electron chi connectivity index (χ0n) is 13.8. The molecule has 1 aromatic carbocycles. The van der Waals surface area contributed by atoms with Crippen molar-refractivity contribution in [2.75, 3.05) is 39.6 Å². The molecule has 4 rings (SSSR count). The van der Waals surface area contributed by atoms with E-state index in [1.165, 1.54) is 11.3 Å². The first kappa shape index (κ1) is 16.4. The summed E-state index contributed by atoms with van der Waals surface area (Å²) < 4.78 is 16.4. The van der Waals surface area contributed by atoms with Crippen molar-refractivity contribution in [3.05, 3.63) is 46.2 Å². The van der Waals surface area contributed by atoms with E-state index in [1.807, 2.05) is 35.7 Å². The van der Waals surface area contributed by atoms with Crippen molar-refractivity contribution in [2.45, 2.75) is 6.04 Å². The van der Waals surface area contributed by atoms with Gasteiger partial charge in [-0.3, -0.25) is 9.69 Å². The van der Waals surface area contributed by atoms with Gasteiger partial charge < -0.3 is 19.5 Å². The van der Waals surface area contributed by atoms with E-state index >= 15 is 0 Å². The molecule has 132 valence electrons. The number of hydrogen-bond acceptors (Lipinski definition) is 6. The van der Waals surface area contributed by atoms with Crippen molar-refractivity contribution in [1.29, 1.82) is 0 Å². The van der Waals surface area contributed by atoms with E-state index in [1.54, 1.807) is 0 Å². The molecule has 6 nitrogen and oxygen atoms in total. The maximum Gasteiger partial charge on any atom is 0.261 e. The van der Waals surface area contributed by atoms with Crippen molar-refractivity contribution < 1.29 is 19.0 Å². The second-order valence-corrected chi connectivity index (χ2v) is 6.91. The van der Waals surface area contributed by atoms with Crippen LogP contribution in [0.5, 0.6) is 11.5 Å². The fraction of sp³-hybridized carbons (Fsp3) is 0.389. The molecule has 2 aromatic rings. The van der Waals surface area contributed by atoms with Gasteiger partial charge in [-0.05, 0) is 29.1 Å². The number of thiophene rings is 1. The minimum atomic E-state index is -0.0333. The maximum absolute atomic E-state index is 12.3. The smallest absolute Gasteiger partial charge is 0.261 e. The lowest BCUT2D eigenvalue weighted by Gasteiger charge is -2.35. The highest BCUT2D eigenvalue weighted by molar-refractivity contribution is 7.12. The Hall–Kier alpha value is -2.09. The standard InChI is InChI=1S/C18H20N2O4S/c21-18(17-2-1-9-25-17)19-11-14(20-5-7-22-8-6-20)13-3-4-15-16(10-13)24-12-23-15/h1-4,9-10,14H,5-8,11-12H2,(H,19,21)/t14-/m1/s1. The summed E-state index contributed by atoms with van der Waals surface area (Å²) in [5, 5.41) is 4.97. The highest BCUT2D eigenvalue weighted by atomic mass is 32.1. The number of benzene rings is 1. The summed E-state index contributed by atoms with van der Waals surface area (Å²) in [6.45, 7) is 3.90. The van der Waals surface area contributed by atoms with Gasteiger partial charge in [0.15, 0.2) is 11.5 Å². The van der Waals surface area contributed by atoms with Crippen LogP contribution >= 0.6 is 11.3 Å². The molecule has 7 heteroatoms. The molecule has 0 unspecified atom stereocenters. The Kier molecular flexibility index (Phi) is 4.87. The van der Waals surface area contributed by atoms with Gasteiger partial charge in [0, 0.05) is 19.6 Å². The Labute approximate surface area is 150 Å². The molecule has 1 amide bonds. The molecule has 3 heterocycles. The third-order valence-electron chi connectivity index (χ3n) is 4.47. The number of carbonyl (C=O) groups is 1. The number of rotatable bonds is 5. The SMILES string of the molecule is O=C(NC[C@H](c1ccc2c(c1)OCO2)N1CCOCC1)c1cccs1. The average Bonchev–Trinajstić information content (AvgIpc) is 3.34. The number of hydrogen-bond donors (Lipinski definition) is 1. The number of nitrogens with zero attached hydrogens (tertiary/aromatic N) is 1. The molecule has 0 spiro atoms. The fourth-order valence-corrected chi connectivity index (χ4v) is 3.79. The minimum Gasteiger partial charge on any atom is -0.454 e. The van der Waals surface area contributed by atoms with Crippen LogP contribution in [-0.4, -0.2) is 50.4 Å². The molecule has 2 aliphatic heterocycles. The Morgan fingerprint density at radius 1 is 1.20 bits per heavy atom. The van der Waals surface area contributed by atoms with Gasteiger partial charge in [-0.25, -0.2) is 0 Å². The number of carbonyl (C=O) groups excluding carboxylic acids is 1. The molecule has 25 heavy (non-hydrogen) atoms. The summed E-state index contributed by atoms with van der Waals surface area (Å²) in [6, 6.07) is 9.79. The van der Waals surface area contributed by atoms with Gasteiger partial charge >= 0.3 is 0 Å². The predicted molar refractivity (Wildman–Crippen MR) is 94.4 cm³/mol. The number of fused-ring (bicyclic) bond motifs is 1. The summed E-state index contributed by atoms with van der Waals surface area (Å²) in [6.07, 6.45) is 0. The molecule has 2 aliphatic rings. The minimum absolute atomic E-state index is 0.0333. The maximum atomic E-state index is 12.3. The first-order chi connectivity index (χ1) is 12.3. The molecule has 1 fully saturated rings. The van der Waals surface area contributed by atoms with Crippen LogP contribution in [0.2, 0.25) is 0 Å². The number of ether oxygens (including phenoxy) is 3. The fourth-order valence-electron chi connectivity index (χ4n) is 3.15. The van der Waals surface area contributed by atoms with Gasteiger partial charge in [0.05, 0.1) is 24.1 Å². The summed E-state index contributed by atoms with van der Waals surface area (Å²) >= 11 is 1.45. The van der Waals surface area contributed by atoms with E-state index in [9.17, 15) is 4.79 Å². The quantitative estimate of drug-likeness (QED) is 0.886. The van der Waals surface area contributed by atoms with Crippen LogP contribution in [0.1, 0.15) is 21.3 Å². The normalized spacial score (nSPS) is 18.1. The van der Waals surface area contributed by atoms with E-state index in [4.69, 9.17) is 14.2 Å². The van der Waals surface area contributed by atoms with Crippen molar-refractivity contribution in [2.24, 2.45) is 0 Å². The van der Waals surface area contributed by atoms with E-state index in [0.29, 0.717) is 19.8 Å². The average molecular weight is 360 g/mol. The second-order valence-electron chi connectivity index (χ2n) is 5.96. The second kappa shape index (κ2) is 7.43. The molecule has 1 atom stereocenters. The summed E-state index contributed by atoms with van der Waals surface area (Å²) in [5.74, 6) is 1.50. The topological polar surface area (TPSA) is 60.0 Å². The molecular weight excluding hydrogens is 340 g/mol. The van der Waals surface area contributed by atoms with Crippen LogP contribution in [0, 0.1) is 0 Å². The van der Waals surface area contributed by atoms with E-state index in [0.717, 1.165) is 35.0 Å². The first-order valence-electron chi connectivity index (χ1n) is 8.34. The highest BCUT2D eigenvalue weighted by Crippen LogP contribution is 2.35. The molecule has 0 aliphatic carbocycles. The van der Waals surface area contributed by atoms with Gasteiger partial charge in [0.2, 0.25) is 6.79 Å². The van der Waals surface area contributed by atoms with Crippen LogP contribution in [0.15, 0.2) is 35.7 Å². The molecule has 1 aromatic heterocycles. The molecule has 1 saturated heterocycles. The van der Waals surface area contributed by atoms with Crippen LogP contribution in [0.25, 0.3) is 0 Å². The van der Waals surface area contributed by atoms with Crippen LogP contribution in [-0.2, 0) is 4.74 Å². The third-order valence-corrected chi connectivity index (χ3v) is 5.34. The Bertz CT molecular complexity index is 729. The first-order valence-corrected chi connectivity index (χ1v) is 9.22. The Morgan fingerprint density at radius 3 is 2.84 bits per heavy atom. The number of nitrogens with one attached hydrogen (secondary N) is 1. The summed E-state index contributed by atoms with van der Waals surface area (Å²) in [7, 11) is 0. The van der Waals surface area contributed by atoms with Gasteiger partial charge in [-0.15, -0.1) is 11.3 Å². The van der Waals surface area contributed by atoms with Crippen LogP contribution < -0.4 is 14.8 Å². The van der Waals surface area contributed by atoms with Gasteiger partial charge in [0.1, 0.15) is 0 Å². The molecule has 1 N–H and O–H groups in total. The van der Waals surface area contributed by atoms with Crippen molar-refractivity contribution in [3.63, 3.8) is 0 Å². The van der Waals surface area contributed by atoms with Gasteiger partial charge in [0.25, 0.3) is 5.91 Å². The zero-order valence-corrected chi connectivity index (χ0v) is 14.6. The Balaban J connectivity index is 1.52. The number of amides is 1. The predicted octanol–water partition coefficient (Wildman–Crippen LogP) is 2.28. The van der Waals surface area contributed by atoms with Crippen molar-refractivity contribution in [1.82, 2.24) is 10.2 Å². The van der Waals surface area contributed by atoms with E-state index < -0.39 is 0 Å². The van der Waals surface area contributed by atoms with E-state index in [2.05, 4.69) is 10.2 Å². The van der Waals surface area contributed by atoms with Crippen LogP contribution in [0.3, 0.4) is 0 Å². The third kappa shape index (κ3) is 3.63. The van der Waals surface area contributed by atoms with E-state index in [-0.39, 0.29) is 18.7 Å². The summed E-state index contributed by atoms with van der Waals surface area (Å²) in [4.78, 5) is 15.4. The highest BCUT2D eigenvalue weighted by Gasteiger charge is 2.25. The lowest BCUT2D eigenvalue weighted by molar-refractivity contribution is 0.0162.